The van der Waals surface area contributed by atoms with Gasteiger partial charge in [-0.25, -0.2) is 0 Å². The van der Waals surface area contributed by atoms with E-state index in [1.807, 2.05) is 55.5 Å². The lowest BCUT2D eigenvalue weighted by Crippen LogP contribution is -2.37. The van der Waals surface area contributed by atoms with E-state index in [9.17, 15) is 4.79 Å². The van der Waals surface area contributed by atoms with Crippen molar-refractivity contribution in [3.05, 3.63) is 153 Å². The molecule has 1 atom stereocenters. The molecule has 4 nitrogen and oxygen atoms in total. The first-order valence-electron chi connectivity index (χ1n) is 13.0. The Kier molecular flexibility index (Phi) is 8.45. The Hall–Kier alpha value is -3.86. The van der Waals surface area contributed by atoms with Gasteiger partial charge in [0.1, 0.15) is 11.9 Å². The van der Waals surface area contributed by atoms with Gasteiger partial charge in [-0.1, -0.05) is 120 Å². The second kappa shape index (κ2) is 12.3. The molecule has 0 aromatic heterocycles. The summed E-state index contributed by atoms with van der Waals surface area (Å²) in [5, 5.41) is 7.40. The Morgan fingerprint density at radius 1 is 0.846 bits per heavy atom. The highest BCUT2D eigenvalue weighted by Crippen LogP contribution is 2.35. The summed E-state index contributed by atoms with van der Waals surface area (Å²) in [4.78, 5) is 18.7. The third kappa shape index (κ3) is 6.25. The molecule has 39 heavy (non-hydrogen) atoms. The molecule has 6 heteroatoms. The molecule has 4 aromatic rings. The maximum absolute atomic E-state index is 13.7. The van der Waals surface area contributed by atoms with Gasteiger partial charge in [0.2, 0.25) is 0 Å². The molecule has 1 aliphatic heterocycles. The number of aliphatic imine (C=N–C) groups is 1. The number of hydrogen-bond acceptors (Lipinski definition) is 3. The van der Waals surface area contributed by atoms with Crippen LogP contribution >= 0.6 is 23.2 Å². The van der Waals surface area contributed by atoms with Gasteiger partial charge < -0.3 is 10.6 Å². The summed E-state index contributed by atoms with van der Waals surface area (Å²) in [7, 11) is 0. The second-order valence-electron chi connectivity index (χ2n) is 9.50. The van der Waals surface area contributed by atoms with Gasteiger partial charge in [0, 0.05) is 23.7 Å². The molecule has 1 unspecified atom stereocenters. The van der Waals surface area contributed by atoms with Gasteiger partial charge in [-0.05, 0) is 42.2 Å². The van der Waals surface area contributed by atoms with Crippen LogP contribution in [0.15, 0.2) is 125 Å². The lowest BCUT2D eigenvalue weighted by Gasteiger charge is -2.27. The van der Waals surface area contributed by atoms with Gasteiger partial charge >= 0.3 is 0 Å². The number of nitrogens with one attached hydrogen (secondary N) is 2. The zero-order valence-corrected chi connectivity index (χ0v) is 23.1. The summed E-state index contributed by atoms with van der Waals surface area (Å²) in [5.41, 5.74) is 5.49. The van der Waals surface area contributed by atoms with Gasteiger partial charge in [-0.15, -0.1) is 0 Å². The van der Waals surface area contributed by atoms with E-state index in [0.29, 0.717) is 28.0 Å². The van der Waals surface area contributed by atoms with Gasteiger partial charge in [-0.3, -0.25) is 9.79 Å². The van der Waals surface area contributed by atoms with Crippen molar-refractivity contribution in [1.82, 2.24) is 10.6 Å². The van der Waals surface area contributed by atoms with Crippen molar-refractivity contribution in [2.45, 2.75) is 25.3 Å². The Bertz CT molecular complexity index is 1460. The van der Waals surface area contributed by atoms with E-state index in [2.05, 4.69) is 59.2 Å². The molecular weight excluding hydrogens is 525 g/mol. The van der Waals surface area contributed by atoms with Crippen LogP contribution in [0.5, 0.6) is 0 Å². The van der Waals surface area contributed by atoms with E-state index in [1.165, 1.54) is 11.1 Å². The summed E-state index contributed by atoms with van der Waals surface area (Å²) >= 11 is 12.6. The molecule has 1 amide bonds. The fourth-order valence-electron chi connectivity index (χ4n) is 4.96. The van der Waals surface area contributed by atoms with Crippen LogP contribution in [0.25, 0.3) is 0 Å². The topological polar surface area (TPSA) is 53.5 Å². The monoisotopic (exact) mass is 553 g/mol. The fourth-order valence-corrected chi connectivity index (χ4v) is 5.27. The first-order chi connectivity index (χ1) is 19.0. The maximum atomic E-state index is 13.7. The van der Waals surface area contributed by atoms with Crippen molar-refractivity contribution in [2.24, 2.45) is 4.99 Å². The SMILES string of the molecule is CC1=C(C(=O)NCCC(c2ccccc2)c2ccccc2)C(c2ccc(Cl)c(Cl)c2)N=C(c2ccccc2)N1. The minimum absolute atomic E-state index is 0.160. The summed E-state index contributed by atoms with van der Waals surface area (Å²) < 4.78 is 0. The molecule has 0 spiro atoms. The van der Waals surface area contributed by atoms with E-state index in [-0.39, 0.29) is 11.8 Å². The highest BCUT2D eigenvalue weighted by atomic mass is 35.5. The average Bonchev–Trinajstić information content (AvgIpc) is 2.97. The lowest BCUT2D eigenvalue weighted by molar-refractivity contribution is -0.117. The van der Waals surface area contributed by atoms with Crippen LogP contribution in [0.2, 0.25) is 10.0 Å². The third-order valence-electron chi connectivity index (χ3n) is 6.92. The Morgan fingerprint density at radius 3 is 2.03 bits per heavy atom. The Balaban J connectivity index is 1.40. The van der Waals surface area contributed by atoms with Gasteiger partial charge in [0.25, 0.3) is 5.91 Å². The molecule has 0 aliphatic carbocycles. The fraction of sp³-hybridized carbons (Fsp3) is 0.152. The minimum atomic E-state index is -0.532. The highest BCUT2D eigenvalue weighted by Gasteiger charge is 2.30. The van der Waals surface area contributed by atoms with Crippen LogP contribution in [-0.4, -0.2) is 18.3 Å². The first-order valence-corrected chi connectivity index (χ1v) is 13.7. The zero-order valence-electron chi connectivity index (χ0n) is 21.6. The number of allylic oxidation sites excluding steroid dienone is 1. The molecule has 1 aliphatic rings. The van der Waals surface area contributed by atoms with Crippen molar-refractivity contribution in [3.63, 3.8) is 0 Å². The smallest absolute Gasteiger partial charge is 0.251 e. The Morgan fingerprint density at radius 2 is 1.44 bits per heavy atom. The predicted octanol–water partition coefficient (Wildman–Crippen LogP) is 7.70. The van der Waals surface area contributed by atoms with Crippen LogP contribution in [-0.2, 0) is 4.79 Å². The van der Waals surface area contributed by atoms with Crippen molar-refractivity contribution < 1.29 is 4.79 Å². The average molecular weight is 555 g/mol. The van der Waals surface area contributed by atoms with Crippen LogP contribution in [0.4, 0.5) is 0 Å². The van der Waals surface area contributed by atoms with E-state index in [0.717, 1.165) is 23.2 Å². The number of amidine groups is 1. The number of halogens is 2. The lowest BCUT2D eigenvalue weighted by atomic mass is 9.88. The van der Waals surface area contributed by atoms with E-state index in [4.69, 9.17) is 28.2 Å². The first kappa shape index (κ1) is 26.7. The second-order valence-corrected chi connectivity index (χ2v) is 10.3. The van der Waals surface area contributed by atoms with Gasteiger partial charge in [0.15, 0.2) is 0 Å². The molecule has 4 aromatic carbocycles. The molecule has 0 fully saturated rings. The molecule has 0 saturated heterocycles. The minimum Gasteiger partial charge on any atom is -0.352 e. The van der Waals surface area contributed by atoms with Crippen LogP contribution in [0, 0.1) is 0 Å². The van der Waals surface area contributed by atoms with Gasteiger partial charge in [-0.2, -0.15) is 0 Å². The summed E-state index contributed by atoms with van der Waals surface area (Å²) in [6.45, 7) is 2.42. The number of hydrogen-bond donors (Lipinski definition) is 2. The quantitative estimate of drug-likeness (QED) is 0.235. The summed E-state index contributed by atoms with van der Waals surface area (Å²) in [6.07, 6.45) is 0.759. The molecule has 1 heterocycles. The van der Waals surface area contributed by atoms with E-state index >= 15 is 0 Å². The molecule has 0 bridgehead atoms. The molecule has 5 rings (SSSR count). The number of amides is 1. The number of benzene rings is 4. The predicted molar refractivity (Wildman–Crippen MR) is 160 cm³/mol. The summed E-state index contributed by atoms with van der Waals surface area (Å²) in [5.74, 6) is 0.710. The van der Waals surface area contributed by atoms with Crippen molar-refractivity contribution in [1.29, 1.82) is 0 Å². The maximum Gasteiger partial charge on any atom is 0.251 e. The zero-order chi connectivity index (χ0) is 27.2. The van der Waals surface area contributed by atoms with E-state index < -0.39 is 6.04 Å². The number of nitrogens with zero attached hydrogens (tertiary/aromatic N) is 1. The number of carbonyl (C=O) groups is 1. The highest BCUT2D eigenvalue weighted by molar-refractivity contribution is 6.42. The normalized spacial score (nSPS) is 15.1. The molecule has 2 N–H and O–H groups in total. The van der Waals surface area contributed by atoms with Crippen LogP contribution in [0.1, 0.15) is 47.6 Å². The molecule has 0 saturated carbocycles. The molecular formula is C33H29Cl2N3O. The van der Waals surface area contributed by atoms with Crippen molar-refractivity contribution >= 4 is 34.9 Å². The van der Waals surface area contributed by atoms with Crippen molar-refractivity contribution in [3.8, 4) is 0 Å². The van der Waals surface area contributed by atoms with Gasteiger partial charge in [0.05, 0.1) is 15.6 Å². The van der Waals surface area contributed by atoms with Crippen LogP contribution in [0.3, 0.4) is 0 Å². The Labute approximate surface area is 239 Å². The molecule has 196 valence electrons. The van der Waals surface area contributed by atoms with E-state index in [1.54, 1.807) is 12.1 Å². The molecule has 0 radical (unpaired) electrons. The van der Waals surface area contributed by atoms with Crippen molar-refractivity contribution in [2.75, 3.05) is 6.54 Å². The number of rotatable bonds is 8. The third-order valence-corrected chi connectivity index (χ3v) is 7.65. The summed E-state index contributed by atoms with van der Waals surface area (Å²) in [6, 6.07) is 35.5. The number of carbonyl (C=O) groups excluding carboxylic acids is 1. The van der Waals surface area contributed by atoms with Crippen LogP contribution < -0.4 is 10.6 Å². The standard InChI is InChI=1S/C33H29Cl2N3O/c1-22-30(33(39)36-20-19-27(23-11-5-2-6-12-23)24-13-7-3-8-14-24)31(26-17-18-28(34)29(35)21-26)38-32(37-22)25-15-9-4-10-16-25/h2-18,21,27,31H,19-20H2,1H3,(H,36,39)(H,37,38). The largest absolute Gasteiger partial charge is 0.352 e.